The second-order valence-corrected chi connectivity index (χ2v) is 8.82. The quantitative estimate of drug-likeness (QED) is 0.890. The van der Waals surface area contributed by atoms with Crippen molar-refractivity contribution in [2.24, 2.45) is 5.73 Å². The Labute approximate surface area is 126 Å². The van der Waals surface area contributed by atoms with E-state index in [1.807, 2.05) is 11.8 Å². The van der Waals surface area contributed by atoms with E-state index < -0.39 is 10.0 Å². The highest BCUT2D eigenvalue weighted by Gasteiger charge is 2.30. The highest BCUT2D eigenvalue weighted by molar-refractivity contribution is 9.10. The van der Waals surface area contributed by atoms with Crippen LogP contribution < -0.4 is 5.73 Å². The standard InChI is InChI=1S/C12H17BrN2O2S2/c1-9-8-15(4-5-18-9)19(16,17)12-3-2-10(7-14)6-11(12)13/h2-3,6,9H,4-5,7-8,14H2,1H3. The molecule has 106 valence electrons. The molecular weight excluding hydrogens is 348 g/mol. The normalized spacial score (nSPS) is 21.5. The first kappa shape index (κ1) is 15.3. The van der Waals surface area contributed by atoms with Crippen LogP contribution in [0.4, 0.5) is 0 Å². The largest absolute Gasteiger partial charge is 0.326 e. The molecular formula is C12H17BrN2O2S2. The minimum Gasteiger partial charge on any atom is -0.326 e. The van der Waals surface area contributed by atoms with Crippen LogP contribution in [0.3, 0.4) is 0 Å². The first-order valence-corrected chi connectivity index (χ1v) is 9.33. The molecule has 2 N–H and O–H groups in total. The Hall–Kier alpha value is -0.0800. The van der Waals surface area contributed by atoms with Crippen molar-refractivity contribution in [1.29, 1.82) is 0 Å². The number of sulfonamides is 1. The lowest BCUT2D eigenvalue weighted by Crippen LogP contribution is -2.41. The van der Waals surface area contributed by atoms with Crippen LogP contribution in [0.15, 0.2) is 27.6 Å². The second-order valence-electron chi connectivity index (χ2n) is 4.51. The third kappa shape index (κ3) is 3.33. The molecule has 1 aliphatic rings. The van der Waals surface area contributed by atoms with Crippen molar-refractivity contribution in [3.63, 3.8) is 0 Å². The number of hydrogen-bond donors (Lipinski definition) is 1. The first-order chi connectivity index (χ1) is 8.95. The third-order valence-electron chi connectivity index (χ3n) is 3.05. The highest BCUT2D eigenvalue weighted by atomic mass is 79.9. The molecule has 0 saturated carbocycles. The van der Waals surface area contributed by atoms with Crippen LogP contribution >= 0.6 is 27.7 Å². The summed E-state index contributed by atoms with van der Waals surface area (Å²) in [6.45, 7) is 3.59. The Morgan fingerprint density at radius 3 is 2.84 bits per heavy atom. The molecule has 1 unspecified atom stereocenters. The molecule has 4 nitrogen and oxygen atoms in total. The Morgan fingerprint density at radius 2 is 2.26 bits per heavy atom. The SMILES string of the molecule is CC1CN(S(=O)(=O)c2ccc(CN)cc2Br)CCS1. The van der Waals surface area contributed by atoms with E-state index in [0.29, 0.717) is 34.3 Å². The Kier molecular flexibility index (Phi) is 4.94. The topological polar surface area (TPSA) is 63.4 Å². The van der Waals surface area contributed by atoms with Crippen LogP contribution in [0.25, 0.3) is 0 Å². The fraction of sp³-hybridized carbons (Fsp3) is 0.500. The molecule has 1 aromatic carbocycles. The van der Waals surface area contributed by atoms with Crippen molar-refractivity contribution < 1.29 is 8.42 Å². The van der Waals surface area contributed by atoms with Gasteiger partial charge in [-0.1, -0.05) is 13.0 Å². The average molecular weight is 365 g/mol. The van der Waals surface area contributed by atoms with Gasteiger partial charge in [0.05, 0.1) is 4.90 Å². The smallest absolute Gasteiger partial charge is 0.244 e. The van der Waals surface area contributed by atoms with Crippen molar-refractivity contribution in [1.82, 2.24) is 4.31 Å². The van der Waals surface area contributed by atoms with E-state index in [4.69, 9.17) is 5.73 Å². The molecule has 7 heteroatoms. The maximum Gasteiger partial charge on any atom is 0.244 e. The van der Waals surface area contributed by atoms with Crippen LogP contribution in [0.2, 0.25) is 0 Å². The molecule has 2 rings (SSSR count). The van der Waals surface area contributed by atoms with Crippen LogP contribution in [0.1, 0.15) is 12.5 Å². The van der Waals surface area contributed by atoms with Crippen LogP contribution in [-0.2, 0) is 16.6 Å². The second kappa shape index (κ2) is 6.13. The summed E-state index contributed by atoms with van der Waals surface area (Å²) in [5.41, 5.74) is 6.47. The molecule has 1 aromatic rings. The van der Waals surface area contributed by atoms with Gasteiger partial charge in [-0.3, -0.25) is 0 Å². The third-order valence-corrected chi connectivity index (χ3v) is 7.03. The Morgan fingerprint density at radius 1 is 1.53 bits per heavy atom. The predicted octanol–water partition coefficient (Wildman–Crippen LogP) is 2.03. The fourth-order valence-corrected chi connectivity index (χ4v) is 5.86. The van der Waals surface area contributed by atoms with E-state index in [2.05, 4.69) is 22.9 Å². The summed E-state index contributed by atoms with van der Waals surface area (Å²) in [4.78, 5) is 0.323. The van der Waals surface area contributed by atoms with Gasteiger partial charge >= 0.3 is 0 Å². The maximum absolute atomic E-state index is 12.6. The number of benzene rings is 1. The predicted molar refractivity (Wildman–Crippen MR) is 82.7 cm³/mol. The number of hydrogen-bond acceptors (Lipinski definition) is 4. The van der Waals surface area contributed by atoms with E-state index >= 15 is 0 Å². The summed E-state index contributed by atoms with van der Waals surface area (Å²) in [7, 11) is -3.42. The maximum atomic E-state index is 12.6. The molecule has 1 atom stereocenters. The van der Waals surface area contributed by atoms with E-state index in [0.717, 1.165) is 11.3 Å². The van der Waals surface area contributed by atoms with Gasteiger partial charge in [0.25, 0.3) is 0 Å². The molecule has 0 bridgehead atoms. The van der Waals surface area contributed by atoms with Gasteiger partial charge in [-0.25, -0.2) is 8.42 Å². The Balaban J connectivity index is 2.33. The molecule has 0 amide bonds. The average Bonchev–Trinajstić information content (AvgIpc) is 2.38. The zero-order valence-electron chi connectivity index (χ0n) is 10.7. The van der Waals surface area contributed by atoms with Crippen LogP contribution in [0.5, 0.6) is 0 Å². The van der Waals surface area contributed by atoms with Gasteiger partial charge in [-0.15, -0.1) is 0 Å². The van der Waals surface area contributed by atoms with Crippen molar-refractivity contribution >= 4 is 37.7 Å². The minimum absolute atomic E-state index is 0.323. The van der Waals surface area contributed by atoms with E-state index in [1.54, 1.807) is 22.5 Å². The summed E-state index contributed by atoms with van der Waals surface area (Å²) in [5.74, 6) is 0.846. The van der Waals surface area contributed by atoms with E-state index in [-0.39, 0.29) is 0 Å². The Bertz CT molecular complexity index is 563. The fourth-order valence-electron chi connectivity index (χ4n) is 2.02. The number of rotatable bonds is 3. The number of halogens is 1. The zero-order chi connectivity index (χ0) is 14.0. The lowest BCUT2D eigenvalue weighted by atomic mass is 10.2. The lowest BCUT2D eigenvalue weighted by Gasteiger charge is -2.30. The molecule has 1 heterocycles. The summed E-state index contributed by atoms with van der Waals surface area (Å²) < 4.78 is 27.4. The molecule has 0 spiro atoms. The molecule has 0 radical (unpaired) electrons. The zero-order valence-corrected chi connectivity index (χ0v) is 13.9. The molecule has 1 saturated heterocycles. The first-order valence-electron chi connectivity index (χ1n) is 6.05. The van der Waals surface area contributed by atoms with Crippen molar-refractivity contribution in [3.05, 3.63) is 28.2 Å². The molecule has 0 aromatic heterocycles. The minimum atomic E-state index is -3.42. The van der Waals surface area contributed by atoms with Gasteiger partial charge in [0.1, 0.15) is 0 Å². The van der Waals surface area contributed by atoms with Gasteiger partial charge in [0, 0.05) is 35.1 Å². The highest BCUT2D eigenvalue weighted by Crippen LogP contribution is 2.29. The van der Waals surface area contributed by atoms with Crippen molar-refractivity contribution in [2.75, 3.05) is 18.8 Å². The van der Waals surface area contributed by atoms with Gasteiger partial charge < -0.3 is 5.73 Å². The molecule has 1 aliphatic heterocycles. The van der Waals surface area contributed by atoms with E-state index in [1.165, 1.54) is 0 Å². The van der Waals surface area contributed by atoms with Gasteiger partial charge in [-0.05, 0) is 33.6 Å². The van der Waals surface area contributed by atoms with Gasteiger partial charge in [0.15, 0.2) is 0 Å². The van der Waals surface area contributed by atoms with E-state index in [9.17, 15) is 8.42 Å². The van der Waals surface area contributed by atoms with Crippen LogP contribution in [0, 0.1) is 0 Å². The van der Waals surface area contributed by atoms with Gasteiger partial charge in [-0.2, -0.15) is 16.1 Å². The van der Waals surface area contributed by atoms with Crippen molar-refractivity contribution in [2.45, 2.75) is 23.6 Å². The molecule has 0 aliphatic carbocycles. The lowest BCUT2D eigenvalue weighted by molar-refractivity contribution is 0.424. The molecule has 1 fully saturated rings. The molecule has 19 heavy (non-hydrogen) atoms. The number of nitrogens with zero attached hydrogens (tertiary/aromatic N) is 1. The van der Waals surface area contributed by atoms with Crippen LogP contribution in [-0.4, -0.2) is 36.8 Å². The summed E-state index contributed by atoms with van der Waals surface area (Å²) in [6.07, 6.45) is 0. The number of nitrogens with two attached hydrogens (primary N) is 1. The summed E-state index contributed by atoms with van der Waals surface area (Å²) >= 11 is 5.15. The van der Waals surface area contributed by atoms with Gasteiger partial charge in [0.2, 0.25) is 10.0 Å². The summed E-state index contributed by atoms with van der Waals surface area (Å²) in [6, 6.07) is 5.17. The number of thioether (sulfide) groups is 1. The summed E-state index contributed by atoms with van der Waals surface area (Å²) in [5, 5.41) is 0.339. The van der Waals surface area contributed by atoms with Crippen molar-refractivity contribution in [3.8, 4) is 0 Å². The monoisotopic (exact) mass is 364 g/mol.